The molecule has 0 bridgehead atoms. The van der Waals surface area contributed by atoms with E-state index < -0.39 is 0 Å². The minimum atomic E-state index is 0. The second kappa shape index (κ2) is 85.9. The fraction of sp³-hybridized carbons (Fsp3) is 0. The van der Waals surface area contributed by atoms with E-state index in [0.29, 0.717) is 0 Å². The van der Waals surface area contributed by atoms with Gasteiger partial charge in [-0.05, 0) is 0 Å². The Labute approximate surface area is 44.2 Å². The van der Waals surface area contributed by atoms with Crippen molar-refractivity contribution in [3.8, 4) is 0 Å². The summed E-state index contributed by atoms with van der Waals surface area (Å²) in [5.74, 6) is 0. The first-order chi connectivity index (χ1) is 1.00. The van der Waals surface area contributed by atoms with Gasteiger partial charge in [0.1, 0.15) is 0 Å². The second-order valence-corrected chi connectivity index (χ2v) is 0. The zero-order valence-corrected chi connectivity index (χ0v) is 3.12. The van der Waals surface area contributed by atoms with Crippen LogP contribution in [0.2, 0.25) is 0 Å². The van der Waals surface area contributed by atoms with E-state index in [1.807, 2.05) is 0 Å². The Bertz CT molecular complexity index is 9.61. The average Bonchev–Trinajstić information content (AvgIpc) is 1.00. The van der Waals surface area contributed by atoms with Gasteiger partial charge in [-0.3, -0.25) is 0 Å². The molecule has 4 heavy (non-hydrogen) atoms. The van der Waals surface area contributed by atoms with Crippen LogP contribution in [0.25, 0.3) is 0 Å². The predicted octanol–water partition coefficient (Wildman–Crippen LogP) is 0.287. The van der Waals surface area contributed by atoms with Crippen molar-refractivity contribution in [1.82, 2.24) is 0 Å². The Morgan fingerprint density at radius 2 is 1.25 bits per heavy atom. The van der Waals surface area contributed by atoms with E-state index in [1.54, 1.807) is 0 Å². The molecule has 0 N–H and O–H groups in total. The normalized spacial score (nSPS) is 1.00. The third-order valence-electron chi connectivity index (χ3n) is 0. The van der Waals surface area contributed by atoms with Crippen LogP contribution in [0.4, 0.5) is 0 Å². The number of hydrogen-bond acceptors (Lipinski definition) is 0. The SMILES string of the molecule is C=C.[Be].[HH].[Li]. The Kier molecular flexibility index (Phi) is 525. The van der Waals surface area contributed by atoms with Crippen LogP contribution in [0.1, 0.15) is 1.43 Å². The molecule has 0 aromatic carbocycles. The minimum absolute atomic E-state index is 0. The van der Waals surface area contributed by atoms with E-state index in [4.69, 9.17) is 0 Å². The Hall–Kier alpha value is 0.506. The molecule has 0 aromatic heterocycles. The molecule has 0 unspecified atom stereocenters. The first-order valence-electron chi connectivity index (χ1n) is 0.500. The maximum absolute atomic E-state index is 3.00. The van der Waals surface area contributed by atoms with Crippen LogP contribution >= 0.6 is 0 Å². The maximum atomic E-state index is 3.00. The molecule has 0 heterocycles. The van der Waals surface area contributed by atoms with Gasteiger partial charge in [0.05, 0.1) is 0 Å². The van der Waals surface area contributed by atoms with Crippen LogP contribution in [0.3, 0.4) is 0 Å². The van der Waals surface area contributed by atoms with Crippen molar-refractivity contribution >= 4 is 29.0 Å². The van der Waals surface area contributed by atoms with Gasteiger partial charge in [-0.25, -0.2) is 0 Å². The summed E-state index contributed by atoms with van der Waals surface area (Å²) in [7, 11) is 0. The summed E-state index contributed by atoms with van der Waals surface area (Å²) in [4.78, 5) is 0. The zero-order valence-electron chi connectivity index (χ0n) is 3.12. The summed E-state index contributed by atoms with van der Waals surface area (Å²) in [6.45, 7) is 6.00. The van der Waals surface area contributed by atoms with Crippen molar-refractivity contribution in [1.29, 1.82) is 0 Å². The van der Waals surface area contributed by atoms with Crippen LogP contribution in [0, 0.1) is 0 Å². The summed E-state index contributed by atoms with van der Waals surface area (Å²) >= 11 is 0. The summed E-state index contributed by atoms with van der Waals surface area (Å²) in [5.41, 5.74) is 0. The fourth-order valence-corrected chi connectivity index (χ4v) is 0. The van der Waals surface area contributed by atoms with Crippen molar-refractivity contribution in [2.24, 2.45) is 0 Å². The molecule has 0 saturated carbocycles. The second-order valence-electron chi connectivity index (χ2n) is 0. The van der Waals surface area contributed by atoms with Crippen molar-refractivity contribution in [3.63, 3.8) is 0 Å². The molecule has 0 nitrogen and oxygen atoms in total. The monoisotopic (exact) mass is 46.1 g/mol. The zero-order chi connectivity index (χ0) is 2.00. The van der Waals surface area contributed by atoms with Gasteiger partial charge >= 0.3 is 0 Å². The molecular formula is C2H6BeLi. The molecule has 0 aliphatic heterocycles. The maximum Gasteiger partial charge on any atom is 0 e. The minimum Gasteiger partial charge on any atom is -0.106 e. The summed E-state index contributed by atoms with van der Waals surface area (Å²) in [6, 6.07) is 0. The first-order valence-corrected chi connectivity index (χ1v) is 0.500. The first kappa shape index (κ1) is 24.4. The van der Waals surface area contributed by atoms with Crippen molar-refractivity contribution in [2.45, 2.75) is 0 Å². The Balaban J connectivity index is -0.00000000167. The molecule has 0 spiro atoms. The Morgan fingerprint density at radius 1 is 1.25 bits per heavy atom. The largest absolute Gasteiger partial charge is 0.106 e. The predicted molar refractivity (Wildman–Crippen MR) is 24.9 cm³/mol. The standard InChI is InChI=1S/C2H4.Be.Li.H2/c1-2;;;/h1-2H2;;;1H. The van der Waals surface area contributed by atoms with Crippen LogP contribution in [-0.4, -0.2) is 29.0 Å². The molecule has 0 aliphatic carbocycles. The van der Waals surface area contributed by atoms with Gasteiger partial charge in [0.25, 0.3) is 0 Å². The Morgan fingerprint density at radius 3 is 1.25 bits per heavy atom. The summed E-state index contributed by atoms with van der Waals surface area (Å²) in [5, 5.41) is 0. The van der Waals surface area contributed by atoms with Gasteiger partial charge in [0, 0.05) is 30.4 Å². The van der Waals surface area contributed by atoms with Crippen molar-refractivity contribution in [2.75, 3.05) is 0 Å². The molecule has 0 amide bonds. The molecular weight excluding hydrogens is 40.0 g/mol. The van der Waals surface area contributed by atoms with Crippen molar-refractivity contribution in [3.05, 3.63) is 13.2 Å². The quantitative estimate of drug-likeness (QED) is 0.271. The smallest absolute Gasteiger partial charge is 0 e. The third-order valence-corrected chi connectivity index (χ3v) is 0. The molecule has 0 rings (SSSR count). The van der Waals surface area contributed by atoms with Gasteiger partial charge in [-0.15, -0.1) is 13.2 Å². The number of hydrogen-bond donors (Lipinski definition) is 0. The van der Waals surface area contributed by atoms with Gasteiger partial charge < -0.3 is 0 Å². The van der Waals surface area contributed by atoms with Gasteiger partial charge in [0.2, 0.25) is 0 Å². The topological polar surface area (TPSA) is 0 Å². The van der Waals surface area contributed by atoms with Crippen molar-refractivity contribution < 1.29 is 1.43 Å². The van der Waals surface area contributed by atoms with Gasteiger partial charge in [-0.1, -0.05) is 0 Å². The van der Waals surface area contributed by atoms with E-state index >= 15 is 0 Å². The van der Waals surface area contributed by atoms with E-state index in [2.05, 4.69) is 13.2 Å². The van der Waals surface area contributed by atoms with E-state index in [0.717, 1.165) is 0 Å². The fourth-order valence-electron chi connectivity index (χ4n) is 0. The molecule has 2 heteroatoms. The van der Waals surface area contributed by atoms with Crippen LogP contribution in [0.15, 0.2) is 13.2 Å². The third kappa shape index (κ3) is 22.2. The van der Waals surface area contributed by atoms with E-state index in [-0.39, 0.29) is 30.4 Å². The summed E-state index contributed by atoms with van der Waals surface area (Å²) in [6.07, 6.45) is 0. The molecule has 3 radical (unpaired) electrons. The average molecular weight is 46.0 g/mol. The number of rotatable bonds is 0. The molecule has 0 aliphatic rings. The van der Waals surface area contributed by atoms with Crippen LogP contribution in [0.5, 0.6) is 0 Å². The summed E-state index contributed by atoms with van der Waals surface area (Å²) < 4.78 is 0. The molecule has 0 saturated heterocycles. The van der Waals surface area contributed by atoms with Crippen LogP contribution in [-0.2, 0) is 0 Å². The van der Waals surface area contributed by atoms with E-state index in [9.17, 15) is 0 Å². The molecule has 0 fully saturated rings. The molecule has 0 atom stereocenters. The molecule has 0 aromatic rings. The van der Waals surface area contributed by atoms with Gasteiger partial charge in [-0.2, -0.15) is 0 Å². The molecule has 17 valence electrons. The van der Waals surface area contributed by atoms with E-state index in [1.165, 1.54) is 0 Å². The van der Waals surface area contributed by atoms with Crippen LogP contribution < -0.4 is 0 Å². The van der Waals surface area contributed by atoms with Gasteiger partial charge in [0.15, 0.2) is 0 Å².